The van der Waals surface area contributed by atoms with Crippen molar-refractivity contribution in [3.05, 3.63) is 64.9 Å². The Kier molecular flexibility index (Phi) is 4.42. The van der Waals surface area contributed by atoms with Gasteiger partial charge in [-0.3, -0.25) is 0 Å². The molecule has 3 N–H and O–H groups in total. The second-order valence-electron chi connectivity index (χ2n) is 6.04. The summed E-state index contributed by atoms with van der Waals surface area (Å²) >= 11 is 5.82. The molecule has 1 fully saturated rings. The van der Waals surface area contributed by atoms with Crippen LogP contribution in [-0.2, 0) is 9.84 Å². The van der Waals surface area contributed by atoms with Crippen LogP contribution in [0.15, 0.2) is 53.4 Å². The summed E-state index contributed by atoms with van der Waals surface area (Å²) < 4.78 is 39.2. The number of nitrogens with two attached hydrogens (primary N) is 1. The molecule has 1 aliphatic carbocycles. The highest BCUT2D eigenvalue weighted by molar-refractivity contribution is 7.92. The van der Waals surface area contributed by atoms with Crippen LogP contribution in [0.4, 0.5) is 4.39 Å². The number of rotatable bonds is 5. The van der Waals surface area contributed by atoms with Crippen molar-refractivity contribution in [2.45, 2.75) is 16.1 Å². The van der Waals surface area contributed by atoms with Gasteiger partial charge in [-0.25, -0.2) is 12.8 Å². The minimum Gasteiger partial charge on any atom is -0.396 e. The Labute approximate surface area is 145 Å². The SMILES string of the molecule is NC[C@]1(CO)[C@H](c2ccc(F)cc2)[C@H]1S(=O)(=O)c1ccc(Cl)cc1. The molecule has 0 radical (unpaired) electrons. The average Bonchev–Trinajstić information content (AvgIpc) is 3.26. The maximum Gasteiger partial charge on any atom is 0.182 e. The van der Waals surface area contributed by atoms with Crippen LogP contribution >= 0.6 is 11.6 Å². The number of halogens is 2. The van der Waals surface area contributed by atoms with Crippen LogP contribution in [0, 0.1) is 11.2 Å². The zero-order chi connectivity index (χ0) is 17.5. The molecule has 3 atom stereocenters. The predicted octanol–water partition coefficient (Wildman–Crippen LogP) is 2.36. The highest BCUT2D eigenvalue weighted by atomic mass is 35.5. The molecule has 128 valence electrons. The van der Waals surface area contributed by atoms with Gasteiger partial charge in [0.25, 0.3) is 0 Å². The third kappa shape index (κ3) is 2.63. The number of hydrogen-bond acceptors (Lipinski definition) is 4. The molecule has 0 unspecified atom stereocenters. The van der Waals surface area contributed by atoms with E-state index >= 15 is 0 Å². The smallest absolute Gasteiger partial charge is 0.182 e. The van der Waals surface area contributed by atoms with Gasteiger partial charge in [0, 0.05) is 22.9 Å². The van der Waals surface area contributed by atoms with Crippen molar-refractivity contribution in [1.82, 2.24) is 0 Å². The molecule has 1 saturated carbocycles. The largest absolute Gasteiger partial charge is 0.396 e. The molecule has 0 amide bonds. The Balaban J connectivity index is 2.04. The van der Waals surface area contributed by atoms with Crippen LogP contribution in [0.3, 0.4) is 0 Å². The van der Waals surface area contributed by atoms with E-state index in [-0.39, 0.29) is 18.0 Å². The maximum absolute atomic E-state index is 13.2. The highest BCUT2D eigenvalue weighted by Gasteiger charge is 2.70. The standard InChI is InChI=1S/C17H17ClFNO3S/c18-12-3-7-14(8-4-12)24(22,23)16-15(17(16,9-20)10-21)11-1-5-13(19)6-2-11/h1-8,15-16,21H,9-10,20H2/t15-,16-,17+/m1/s1. The Morgan fingerprint density at radius 2 is 1.71 bits per heavy atom. The van der Waals surface area contributed by atoms with Crippen LogP contribution in [0.2, 0.25) is 5.02 Å². The summed E-state index contributed by atoms with van der Waals surface area (Å²) in [6, 6.07) is 11.5. The molecule has 2 aromatic carbocycles. The molecule has 0 bridgehead atoms. The third-order valence-electron chi connectivity index (χ3n) is 4.76. The Morgan fingerprint density at radius 3 is 2.21 bits per heavy atom. The van der Waals surface area contributed by atoms with Crippen LogP contribution in [0.5, 0.6) is 0 Å². The highest BCUT2D eigenvalue weighted by Crippen LogP contribution is 2.63. The molecule has 2 aromatic rings. The predicted molar refractivity (Wildman–Crippen MR) is 90.1 cm³/mol. The van der Waals surface area contributed by atoms with Gasteiger partial charge in [-0.05, 0) is 42.0 Å². The first-order valence-electron chi connectivity index (χ1n) is 7.42. The lowest BCUT2D eigenvalue weighted by Gasteiger charge is -2.12. The monoisotopic (exact) mass is 369 g/mol. The van der Waals surface area contributed by atoms with Crippen molar-refractivity contribution in [2.24, 2.45) is 11.1 Å². The Hall–Kier alpha value is -1.47. The molecule has 0 heterocycles. The molecule has 0 aliphatic heterocycles. The topological polar surface area (TPSA) is 80.4 Å². The minimum absolute atomic E-state index is 0.0169. The van der Waals surface area contributed by atoms with Crippen LogP contribution < -0.4 is 5.73 Å². The van der Waals surface area contributed by atoms with Crippen molar-refractivity contribution in [3.8, 4) is 0 Å². The molecule has 3 rings (SSSR count). The minimum atomic E-state index is -3.71. The summed E-state index contributed by atoms with van der Waals surface area (Å²) in [5, 5.41) is 9.41. The first kappa shape index (κ1) is 17.4. The average molecular weight is 370 g/mol. The maximum atomic E-state index is 13.2. The van der Waals surface area contributed by atoms with Crippen molar-refractivity contribution >= 4 is 21.4 Å². The molecule has 1 aliphatic rings. The van der Waals surface area contributed by atoms with E-state index in [0.29, 0.717) is 10.6 Å². The van der Waals surface area contributed by atoms with E-state index in [1.807, 2.05) is 0 Å². The van der Waals surface area contributed by atoms with Gasteiger partial charge in [-0.15, -0.1) is 0 Å². The summed E-state index contributed by atoms with van der Waals surface area (Å²) in [6.07, 6.45) is 0. The zero-order valence-corrected chi connectivity index (χ0v) is 14.3. The summed E-state index contributed by atoms with van der Waals surface area (Å²) in [7, 11) is -3.71. The summed E-state index contributed by atoms with van der Waals surface area (Å²) in [5.41, 5.74) is 5.50. The van der Waals surface area contributed by atoms with E-state index in [1.165, 1.54) is 48.5 Å². The van der Waals surface area contributed by atoms with Gasteiger partial charge in [0.1, 0.15) is 5.82 Å². The van der Waals surface area contributed by atoms with Gasteiger partial charge < -0.3 is 10.8 Å². The fourth-order valence-corrected chi connectivity index (χ4v) is 5.96. The van der Waals surface area contributed by atoms with Gasteiger partial charge >= 0.3 is 0 Å². The second kappa shape index (κ2) is 6.11. The number of sulfone groups is 1. The van der Waals surface area contributed by atoms with E-state index in [4.69, 9.17) is 17.3 Å². The number of benzene rings is 2. The van der Waals surface area contributed by atoms with Crippen molar-refractivity contribution in [1.29, 1.82) is 0 Å². The van der Waals surface area contributed by atoms with E-state index in [9.17, 15) is 17.9 Å². The molecule has 24 heavy (non-hydrogen) atoms. The second-order valence-corrected chi connectivity index (χ2v) is 8.55. The summed E-state index contributed by atoms with van der Waals surface area (Å²) in [6.45, 7) is -0.341. The van der Waals surface area contributed by atoms with E-state index in [2.05, 4.69) is 0 Å². The first-order valence-corrected chi connectivity index (χ1v) is 9.35. The Bertz CT molecular complexity index is 833. The van der Waals surface area contributed by atoms with Crippen LogP contribution in [0.1, 0.15) is 11.5 Å². The molecule has 0 spiro atoms. The van der Waals surface area contributed by atoms with Crippen molar-refractivity contribution in [3.63, 3.8) is 0 Å². The van der Waals surface area contributed by atoms with E-state index in [1.54, 1.807) is 0 Å². The summed E-state index contributed by atoms with van der Waals surface area (Å²) in [5.74, 6) is -0.882. The molecular formula is C17H17ClFNO3S. The molecule has 0 saturated heterocycles. The lowest BCUT2D eigenvalue weighted by molar-refractivity contribution is 0.212. The number of aliphatic hydroxyl groups is 1. The normalized spacial score (nSPS) is 26.3. The van der Waals surface area contributed by atoms with Gasteiger partial charge in [0.2, 0.25) is 0 Å². The van der Waals surface area contributed by atoms with E-state index in [0.717, 1.165) is 0 Å². The van der Waals surface area contributed by atoms with E-state index < -0.39 is 32.2 Å². The van der Waals surface area contributed by atoms with Gasteiger partial charge in [0.15, 0.2) is 9.84 Å². The van der Waals surface area contributed by atoms with Crippen molar-refractivity contribution < 1.29 is 17.9 Å². The number of hydrogen-bond donors (Lipinski definition) is 2. The van der Waals surface area contributed by atoms with Crippen molar-refractivity contribution in [2.75, 3.05) is 13.2 Å². The molecule has 7 heteroatoms. The Morgan fingerprint density at radius 1 is 1.12 bits per heavy atom. The lowest BCUT2D eigenvalue weighted by Crippen LogP contribution is -2.27. The first-order chi connectivity index (χ1) is 11.4. The van der Waals surface area contributed by atoms with Gasteiger partial charge in [-0.1, -0.05) is 23.7 Å². The summed E-state index contributed by atoms with van der Waals surface area (Å²) in [4.78, 5) is 0.132. The van der Waals surface area contributed by atoms with Gasteiger partial charge in [0.05, 0.1) is 16.8 Å². The number of aliphatic hydroxyl groups excluding tert-OH is 1. The van der Waals surface area contributed by atoms with Crippen LogP contribution in [0.25, 0.3) is 0 Å². The molecular weight excluding hydrogens is 353 g/mol. The lowest BCUT2D eigenvalue weighted by atomic mass is 10.0. The fraction of sp³-hybridized carbons (Fsp3) is 0.294. The fourth-order valence-electron chi connectivity index (χ4n) is 3.39. The zero-order valence-electron chi connectivity index (χ0n) is 12.7. The third-order valence-corrected chi connectivity index (χ3v) is 7.35. The molecule has 0 aromatic heterocycles. The van der Waals surface area contributed by atoms with Crippen LogP contribution in [-0.4, -0.2) is 31.9 Å². The van der Waals surface area contributed by atoms with Gasteiger partial charge in [-0.2, -0.15) is 0 Å². The quantitative estimate of drug-likeness (QED) is 0.847. The molecule has 4 nitrogen and oxygen atoms in total.